The van der Waals surface area contributed by atoms with Crippen molar-refractivity contribution < 1.29 is 24.2 Å². The fourth-order valence-electron chi connectivity index (χ4n) is 2.89. The van der Waals surface area contributed by atoms with Gasteiger partial charge in [-0.1, -0.05) is 28.1 Å². The minimum Gasteiger partial charge on any atom is -0.477 e. The van der Waals surface area contributed by atoms with Crippen LogP contribution >= 0.6 is 39.9 Å². The van der Waals surface area contributed by atoms with Crippen molar-refractivity contribution in [1.29, 1.82) is 0 Å². The van der Waals surface area contributed by atoms with Gasteiger partial charge in [-0.05, 0) is 10.4 Å². The van der Waals surface area contributed by atoms with Crippen LogP contribution in [0, 0.1) is 0 Å². The van der Waals surface area contributed by atoms with E-state index in [1.807, 2.05) is 0 Å². The second-order valence-corrected chi connectivity index (χ2v) is 7.54. The molecule has 0 spiro atoms. The number of nitrogens with zero attached hydrogens (tertiary/aromatic N) is 5. The summed E-state index contributed by atoms with van der Waals surface area (Å²) in [6.07, 6.45) is 0. The maximum atomic E-state index is 12.7. The van der Waals surface area contributed by atoms with Gasteiger partial charge in [-0.2, -0.15) is 0 Å². The van der Waals surface area contributed by atoms with Crippen LogP contribution in [0.25, 0.3) is 5.57 Å². The van der Waals surface area contributed by atoms with Crippen LogP contribution in [0.2, 0.25) is 0 Å². The number of tetrazole rings is 1. The van der Waals surface area contributed by atoms with Gasteiger partial charge in [0, 0.05) is 19.5 Å². The van der Waals surface area contributed by atoms with Crippen LogP contribution in [0.15, 0.2) is 5.70 Å². The number of halogens is 1. The highest BCUT2D eigenvalue weighted by molar-refractivity contribution is 9.09. The molecule has 0 bridgehead atoms. The number of carboxylic acids is 1. The number of thioether (sulfide) groups is 1. The molecule has 2 amide bonds. The zero-order valence-electron chi connectivity index (χ0n) is 13.9. The Labute approximate surface area is 170 Å². The number of carbonyl (C=O) groups excluding carboxylic acids is 2. The number of β-lactam (4-membered cyclic amide) rings is 1. The fraction of sp³-hybridized carbons (Fsp3) is 0.462. The number of aromatic nitrogens is 4. The number of rotatable bonds is 6. The van der Waals surface area contributed by atoms with Crippen molar-refractivity contribution in [1.82, 2.24) is 30.4 Å². The molecule has 3 atom stereocenters. The SMILES string of the molecule is CO[C@]1(C=S)C(=O)N2C(C(=O)O)=C(c3nnnn3C)C(NC(=O)CBr)S[C@H]21. The summed E-state index contributed by atoms with van der Waals surface area (Å²) in [6, 6.07) is 0. The minimum atomic E-state index is -1.46. The number of carboxylic acid groups (broad SMARTS) is 1. The van der Waals surface area contributed by atoms with Crippen LogP contribution in [-0.4, -0.2) is 82.2 Å². The van der Waals surface area contributed by atoms with Crippen molar-refractivity contribution >= 4 is 68.6 Å². The third-order valence-electron chi connectivity index (χ3n) is 4.17. The monoisotopic (exact) mass is 476 g/mol. The summed E-state index contributed by atoms with van der Waals surface area (Å²) < 4.78 is 6.57. The topological polar surface area (TPSA) is 140 Å². The largest absolute Gasteiger partial charge is 0.477 e. The van der Waals surface area contributed by atoms with Crippen molar-refractivity contribution in [2.24, 2.45) is 7.05 Å². The first-order valence-corrected chi connectivity index (χ1v) is 9.92. The normalized spacial score (nSPS) is 27.1. The summed E-state index contributed by atoms with van der Waals surface area (Å²) in [5, 5.41) is 23.2. The molecule has 11 nitrogen and oxygen atoms in total. The average molecular weight is 477 g/mol. The summed E-state index contributed by atoms with van der Waals surface area (Å²) in [5.41, 5.74) is -1.68. The number of ether oxygens (including phenoxy) is 1. The van der Waals surface area contributed by atoms with Gasteiger partial charge in [0.2, 0.25) is 11.5 Å². The van der Waals surface area contributed by atoms with E-state index in [2.05, 4.69) is 36.8 Å². The lowest BCUT2D eigenvalue weighted by atomic mass is 9.91. The van der Waals surface area contributed by atoms with Gasteiger partial charge < -0.3 is 15.2 Å². The summed E-state index contributed by atoms with van der Waals surface area (Å²) in [4.78, 5) is 37.8. The summed E-state index contributed by atoms with van der Waals surface area (Å²) in [6.45, 7) is 0. The van der Waals surface area contributed by atoms with Crippen LogP contribution in [-0.2, 0) is 26.2 Å². The lowest BCUT2D eigenvalue weighted by molar-refractivity contribution is -0.169. The molecule has 14 heteroatoms. The van der Waals surface area contributed by atoms with Crippen LogP contribution in [0.3, 0.4) is 0 Å². The van der Waals surface area contributed by atoms with Gasteiger partial charge in [0.1, 0.15) is 16.4 Å². The summed E-state index contributed by atoms with van der Waals surface area (Å²) in [7, 11) is 2.84. The molecule has 2 aliphatic rings. The lowest BCUT2D eigenvalue weighted by Crippen LogP contribution is -2.76. The summed E-state index contributed by atoms with van der Waals surface area (Å²) in [5.74, 6) is -2.23. The van der Waals surface area contributed by atoms with Crippen molar-refractivity contribution in [2.75, 3.05) is 12.4 Å². The number of hydrogen-bond acceptors (Lipinski definition) is 9. The van der Waals surface area contributed by atoms with E-state index in [-0.39, 0.29) is 28.3 Å². The quantitative estimate of drug-likeness (QED) is 0.302. The van der Waals surface area contributed by atoms with Crippen LogP contribution in [0.1, 0.15) is 5.82 Å². The van der Waals surface area contributed by atoms with Gasteiger partial charge in [-0.15, -0.1) is 16.9 Å². The fourth-order valence-corrected chi connectivity index (χ4v) is 5.07. The van der Waals surface area contributed by atoms with Crippen molar-refractivity contribution in [3.05, 3.63) is 11.5 Å². The van der Waals surface area contributed by atoms with Gasteiger partial charge >= 0.3 is 5.97 Å². The molecule has 0 radical (unpaired) electrons. The maximum Gasteiger partial charge on any atom is 0.353 e. The molecule has 27 heavy (non-hydrogen) atoms. The van der Waals surface area contributed by atoms with E-state index in [1.54, 1.807) is 0 Å². The Hall–Kier alpha value is -1.90. The standard InChI is InChI=1S/C13H13BrN6O5S2/c1-19-8(16-17-18-19)6-7(10(22)23)20-11(24)13(4-26,25-2)12(20)27-9(6)15-5(21)3-14/h4,9,12H,3H2,1-2H3,(H,15,21)(H,22,23)/t9?,12-,13+/m0/s1. The number of hydrogen-bond donors (Lipinski definition) is 2. The molecular formula is C13H13BrN6O5S2. The Morgan fingerprint density at radius 1 is 1.56 bits per heavy atom. The molecule has 1 aromatic heterocycles. The van der Waals surface area contributed by atoms with Gasteiger partial charge in [-0.3, -0.25) is 14.5 Å². The van der Waals surface area contributed by atoms with Crippen LogP contribution in [0.5, 0.6) is 0 Å². The van der Waals surface area contributed by atoms with Crippen LogP contribution < -0.4 is 5.32 Å². The van der Waals surface area contributed by atoms with E-state index < -0.39 is 28.2 Å². The highest BCUT2D eigenvalue weighted by atomic mass is 79.9. The van der Waals surface area contributed by atoms with E-state index in [1.165, 1.54) is 24.2 Å². The van der Waals surface area contributed by atoms with Crippen molar-refractivity contribution in [3.63, 3.8) is 0 Å². The number of methoxy groups -OCH3 is 1. The van der Waals surface area contributed by atoms with E-state index in [0.717, 1.165) is 16.7 Å². The number of amides is 2. The van der Waals surface area contributed by atoms with Gasteiger partial charge in [0.25, 0.3) is 5.91 Å². The molecular weight excluding hydrogens is 464 g/mol. The molecule has 1 fully saturated rings. The first-order chi connectivity index (χ1) is 12.8. The number of alkyl halides is 1. The Bertz CT molecular complexity index is 875. The molecule has 3 heterocycles. The van der Waals surface area contributed by atoms with E-state index >= 15 is 0 Å². The molecule has 1 aromatic rings. The van der Waals surface area contributed by atoms with Gasteiger partial charge in [0.15, 0.2) is 5.82 Å². The minimum absolute atomic E-state index is 0.00665. The van der Waals surface area contributed by atoms with E-state index in [0.29, 0.717) is 0 Å². The maximum absolute atomic E-state index is 12.7. The van der Waals surface area contributed by atoms with E-state index in [4.69, 9.17) is 17.0 Å². The molecule has 144 valence electrons. The second kappa shape index (κ2) is 7.26. The number of thiocarbonyl (C=S) groups is 1. The average Bonchev–Trinajstić information content (AvgIpc) is 3.07. The Kier molecular flexibility index (Phi) is 5.33. The predicted octanol–water partition coefficient (Wildman–Crippen LogP) is -0.857. The first-order valence-electron chi connectivity index (χ1n) is 7.38. The number of aryl methyl sites for hydroxylation is 1. The smallest absolute Gasteiger partial charge is 0.353 e. The van der Waals surface area contributed by atoms with E-state index in [9.17, 15) is 19.5 Å². The number of aliphatic carboxylic acids is 1. The Morgan fingerprint density at radius 2 is 2.26 bits per heavy atom. The Morgan fingerprint density at radius 3 is 2.74 bits per heavy atom. The van der Waals surface area contributed by atoms with Crippen molar-refractivity contribution in [3.8, 4) is 0 Å². The second-order valence-electron chi connectivity index (χ2n) is 5.55. The van der Waals surface area contributed by atoms with Crippen molar-refractivity contribution in [2.45, 2.75) is 16.3 Å². The third-order valence-corrected chi connectivity index (χ3v) is 6.47. The molecule has 0 saturated carbocycles. The predicted molar refractivity (Wildman–Crippen MR) is 101 cm³/mol. The third kappa shape index (κ3) is 2.86. The van der Waals surface area contributed by atoms with Crippen LogP contribution in [0.4, 0.5) is 0 Å². The molecule has 3 rings (SSSR count). The highest BCUT2D eigenvalue weighted by Gasteiger charge is 2.66. The number of nitrogens with one attached hydrogen (secondary N) is 1. The zero-order chi connectivity index (χ0) is 19.9. The molecule has 2 N–H and O–H groups in total. The molecule has 0 aromatic carbocycles. The number of carbonyl (C=O) groups is 3. The zero-order valence-corrected chi connectivity index (χ0v) is 17.2. The molecule has 0 aliphatic carbocycles. The molecule has 1 saturated heterocycles. The first kappa shape index (κ1) is 19.9. The number of fused-ring (bicyclic) bond motifs is 1. The lowest BCUT2D eigenvalue weighted by Gasteiger charge is -2.55. The van der Waals surface area contributed by atoms with Gasteiger partial charge in [0.05, 0.1) is 10.9 Å². The summed E-state index contributed by atoms with van der Waals surface area (Å²) >= 11 is 9.14. The Balaban J connectivity index is 2.20. The molecule has 2 aliphatic heterocycles. The van der Waals surface area contributed by atoms with Gasteiger partial charge in [-0.25, -0.2) is 9.48 Å². The molecule has 1 unspecified atom stereocenters. The highest BCUT2D eigenvalue weighted by Crippen LogP contribution is 2.51.